The fourth-order valence-electron chi connectivity index (χ4n) is 6.54. The highest BCUT2D eigenvalue weighted by atomic mass is 32.2. The molecule has 43 heavy (non-hydrogen) atoms. The smallest absolute Gasteiger partial charge is 0.153 e. The second-order valence-corrected chi connectivity index (χ2v) is 13.5. The number of aryl methyl sites for hydroxylation is 1. The summed E-state index contributed by atoms with van der Waals surface area (Å²) in [5.74, 6) is -0.0629. The van der Waals surface area contributed by atoms with Crippen LogP contribution in [-0.4, -0.2) is 75.8 Å². The number of anilines is 1. The Kier molecular flexibility index (Phi) is 6.97. The minimum Gasteiger partial charge on any atom is -0.381 e. The zero-order valence-electron chi connectivity index (χ0n) is 23.9. The van der Waals surface area contributed by atoms with E-state index in [9.17, 15) is 8.42 Å². The van der Waals surface area contributed by atoms with Crippen molar-refractivity contribution in [1.29, 1.82) is 0 Å². The second kappa shape index (κ2) is 10.8. The van der Waals surface area contributed by atoms with Gasteiger partial charge >= 0.3 is 0 Å². The average Bonchev–Trinajstić information content (AvgIpc) is 3.55. The predicted octanol–water partition coefficient (Wildman–Crippen LogP) is 4.41. The van der Waals surface area contributed by atoms with Crippen LogP contribution < -0.4 is 4.90 Å². The summed E-state index contributed by atoms with van der Waals surface area (Å²) in [7, 11) is -1.21. The summed E-state index contributed by atoms with van der Waals surface area (Å²) >= 11 is 0. The van der Waals surface area contributed by atoms with Gasteiger partial charge in [0.2, 0.25) is 0 Å². The lowest BCUT2D eigenvalue weighted by Crippen LogP contribution is -2.40. The Labute approximate surface area is 248 Å². The minimum absolute atomic E-state index is 0.0616. The largest absolute Gasteiger partial charge is 0.381 e. The molecule has 1 unspecified atom stereocenters. The number of rotatable bonds is 6. The van der Waals surface area contributed by atoms with Crippen LogP contribution in [0.3, 0.4) is 0 Å². The Hall–Kier alpha value is -4.16. The first kappa shape index (κ1) is 27.7. The first-order valence-corrected chi connectivity index (χ1v) is 16.3. The Morgan fingerprint density at radius 2 is 1.88 bits per heavy atom. The van der Waals surface area contributed by atoms with Crippen LogP contribution in [0, 0.1) is 11.7 Å². The third-order valence-corrected chi connectivity index (χ3v) is 10.3. The van der Waals surface area contributed by atoms with E-state index in [0.717, 1.165) is 51.7 Å². The van der Waals surface area contributed by atoms with E-state index in [-0.39, 0.29) is 23.2 Å². The Morgan fingerprint density at radius 1 is 1.09 bits per heavy atom. The molecule has 0 amide bonds. The van der Waals surface area contributed by atoms with Gasteiger partial charge in [-0.05, 0) is 61.2 Å². The molecule has 0 radical (unpaired) electrons. The van der Waals surface area contributed by atoms with Crippen molar-refractivity contribution in [3.8, 4) is 11.3 Å². The van der Waals surface area contributed by atoms with Crippen LogP contribution in [0.2, 0.25) is 0 Å². The van der Waals surface area contributed by atoms with Gasteiger partial charge in [0.15, 0.2) is 9.84 Å². The second-order valence-electron chi connectivity index (χ2n) is 11.2. The molecule has 222 valence electrons. The van der Waals surface area contributed by atoms with Crippen LogP contribution >= 0.6 is 0 Å². The van der Waals surface area contributed by atoms with Crippen molar-refractivity contribution in [1.82, 2.24) is 29.5 Å². The number of pyridine rings is 2. The van der Waals surface area contributed by atoms with E-state index in [4.69, 9.17) is 9.72 Å². The van der Waals surface area contributed by atoms with Crippen molar-refractivity contribution in [2.75, 3.05) is 42.7 Å². The van der Waals surface area contributed by atoms with Gasteiger partial charge in [0, 0.05) is 62.4 Å². The van der Waals surface area contributed by atoms with E-state index >= 15 is 4.39 Å². The molecule has 1 atom stereocenters. The van der Waals surface area contributed by atoms with Gasteiger partial charge in [0.05, 0.1) is 45.5 Å². The molecule has 2 aliphatic heterocycles. The summed E-state index contributed by atoms with van der Waals surface area (Å²) < 4.78 is 49.6. The Balaban J connectivity index is 1.50. The highest BCUT2D eigenvalue weighted by Crippen LogP contribution is 2.42. The monoisotopic (exact) mass is 601 g/mol. The maximum Gasteiger partial charge on any atom is 0.153 e. The van der Waals surface area contributed by atoms with Gasteiger partial charge in [-0.25, -0.2) is 17.5 Å². The summed E-state index contributed by atoms with van der Waals surface area (Å²) in [5, 5.41) is 9.35. The number of sulfone groups is 1. The summed E-state index contributed by atoms with van der Waals surface area (Å²) in [6, 6.07) is 10.9. The van der Waals surface area contributed by atoms with Crippen molar-refractivity contribution >= 4 is 43.5 Å². The van der Waals surface area contributed by atoms with Crippen LogP contribution in [0.4, 0.5) is 10.1 Å². The third-order valence-electron chi connectivity index (χ3n) is 8.71. The minimum atomic E-state index is -3.04. The molecule has 0 saturated carbocycles. The molecule has 0 aliphatic carbocycles. The van der Waals surface area contributed by atoms with Crippen molar-refractivity contribution in [2.45, 2.75) is 18.9 Å². The molecule has 10 nitrogen and oxygen atoms in total. The number of benzene rings is 1. The zero-order chi connectivity index (χ0) is 29.7. The van der Waals surface area contributed by atoms with Gasteiger partial charge in [0.1, 0.15) is 11.5 Å². The third kappa shape index (κ3) is 4.88. The summed E-state index contributed by atoms with van der Waals surface area (Å²) in [5.41, 5.74) is 6.05. The fourth-order valence-corrected chi connectivity index (χ4v) is 7.74. The fraction of sp³-hybridized carbons (Fsp3) is 0.355. The normalized spacial score (nSPS) is 18.3. The van der Waals surface area contributed by atoms with Crippen LogP contribution in [0.25, 0.3) is 39.3 Å². The number of nitrogens with zero attached hydrogens (tertiary/aromatic N) is 7. The van der Waals surface area contributed by atoms with E-state index in [1.165, 1.54) is 6.07 Å². The molecule has 0 bridgehead atoms. The number of ether oxygens (including phenoxy) is 1. The number of hydrogen-bond donors (Lipinski definition) is 0. The zero-order valence-corrected chi connectivity index (χ0v) is 24.7. The lowest BCUT2D eigenvalue weighted by molar-refractivity contribution is 0.0543. The van der Waals surface area contributed by atoms with Gasteiger partial charge in [-0.3, -0.25) is 9.97 Å². The molecular formula is C31H32FN7O3S. The number of hydrogen-bond acceptors (Lipinski definition) is 8. The molecule has 2 saturated heterocycles. The highest BCUT2D eigenvalue weighted by Gasteiger charge is 2.33. The number of halogens is 1. The maximum atomic E-state index is 15.7. The lowest BCUT2D eigenvalue weighted by Gasteiger charge is -2.33. The van der Waals surface area contributed by atoms with Crippen molar-refractivity contribution in [2.24, 2.45) is 13.0 Å². The first-order chi connectivity index (χ1) is 20.8. The molecule has 12 heteroatoms. The van der Waals surface area contributed by atoms with Gasteiger partial charge in [-0.15, -0.1) is 5.10 Å². The number of aromatic nitrogens is 6. The Morgan fingerprint density at radius 3 is 2.63 bits per heavy atom. The van der Waals surface area contributed by atoms with Gasteiger partial charge in [0.25, 0.3) is 0 Å². The van der Waals surface area contributed by atoms with Gasteiger partial charge in [-0.2, -0.15) is 0 Å². The first-order valence-electron chi connectivity index (χ1n) is 14.4. The molecular weight excluding hydrogens is 569 g/mol. The van der Waals surface area contributed by atoms with E-state index in [1.807, 2.05) is 25.4 Å². The molecule has 2 fully saturated rings. The van der Waals surface area contributed by atoms with E-state index < -0.39 is 15.9 Å². The van der Waals surface area contributed by atoms with Crippen LogP contribution in [0.1, 0.15) is 30.3 Å². The van der Waals surface area contributed by atoms with Crippen molar-refractivity contribution in [3.05, 3.63) is 72.6 Å². The summed E-state index contributed by atoms with van der Waals surface area (Å²) in [6.45, 7) is 5.93. The SMILES string of the molecule is C=Cc1nnn(C)c1-c1cnc2c3ccc(N4CCS(=O)(=O)CC4)cc3n(C(c3ncccc3F)C3CCOCC3)c2c1. The molecule has 5 aromatic rings. The lowest BCUT2D eigenvalue weighted by atomic mass is 9.88. The standard InChI is InChI=1S/C31H32FN7O3S/c1-3-25-30(37(2)36-35-25)21-17-27-28(34-19-21)23-7-6-22(38-11-15-43(40,41)16-12-38)18-26(23)39(27)31(20-8-13-42-14-9-20)29-24(32)5-4-10-33-29/h3-7,10,17-20,31H,1,8-9,11-16H2,2H3. The molecule has 1 aromatic carbocycles. The molecule has 0 spiro atoms. The van der Waals surface area contributed by atoms with E-state index in [0.29, 0.717) is 37.7 Å². The molecule has 6 heterocycles. The number of fused-ring (bicyclic) bond motifs is 3. The van der Waals surface area contributed by atoms with Crippen LogP contribution in [0.5, 0.6) is 0 Å². The van der Waals surface area contributed by atoms with Crippen LogP contribution in [0.15, 0.2) is 55.4 Å². The van der Waals surface area contributed by atoms with E-state index in [2.05, 4.69) is 43.5 Å². The predicted molar refractivity (Wildman–Crippen MR) is 164 cm³/mol. The summed E-state index contributed by atoms with van der Waals surface area (Å²) in [6.07, 6.45) is 6.63. The molecule has 4 aromatic heterocycles. The molecule has 7 rings (SSSR count). The van der Waals surface area contributed by atoms with Crippen molar-refractivity contribution in [3.63, 3.8) is 0 Å². The molecule has 0 N–H and O–H groups in total. The van der Waals surface area contributed by atoms with Crippen molar-refractivity contribution < 1.29 is 17.5 Å². The Bertz CT molecular complexity index is 1950. The highest BCUT2D eigenvalue weighted by molar-refractivity contribution is 7.91. The van der Waals surface area contributed by atoms with Gasteiger partial charge < -0.3 is 14.2 Å². The average molecular weight is 602 g/mol. The summed E-state index contributed by atoms with van der Waals surface area (Å²) in [4.78, 5) is 11.6. The quantitative estimate of drug-likeness (QED) is 0.282. The van der Waals surface area contributed by atoms with Gasteiger partial charge in [-0.1, -0.05) is 11.8 Å². The van der Waals surface area contributed by atoms with Crippen LogP contribution in [-0.2, 0) is 21.6 Å². The van der Waals surface area contributed by atoms with E-state index in [1.54, 1.807) is 23.0 Å². The maximum absolute atomic E-state index is 15.7. The topological polar surface area (TPSA) is 108 Å². The molecule has 2 aliphatic rings.